The lowest BCUT2D eigenvalue weighted by atomic mass is 10.2. The van der Waals surface area contributed by atoms with Gasteiger partial charge in [0.25, 0.3) is 0 Å². The minimum atomic E-state index is -0.764. The molecule has 7 heavy (non-hydrogen) atoms. The maximum Gasteiger partial charge on any atom is 0.228 e. The lowest BCUT2D eigenvalue weighted by Crippen LogP contribution is -2.21. The molecule has 2 N–H and O–H groups in total. The Labute approximate surface area is 41.5 Å². The lowest BCUT2D eigenvalue weighted by Gasteiger charge is -1.88. The van der Waals surface area contributed by atoms with E-state index in [4.69, 9.17) is 0 Å². The minimum absolute atomic E-state index is 0.630. The van der Waals surface area contributed by atoms with Crippen LogP contribution in [0.5, 0.6) is 0 Å². The molecule has 1 radical (unpaired) electrons. The Balaban J connectivity index is 3.55. The van der Waals surface area contributed by atoms with Crippen LogP contribution in [-0.2, 0) is 9.59 Å². The summed E-state index contributed by atoms with van der Waals surface area (Å²) in [6.45, 7) is 1.40. The maximum absolute atomic E-state index is 9.89. The van der Waals surface area contributed by atoms with Crippen molar-refractivity contribution >= 4 is 12.2 Å². The molecule has 3 heteroatoms. The molecule has 1 amide bonds. The zero-order chi connectivity index (χ0) is 5.86. The lowest BCUT2D eigenvalue weighted by molar-refractivity contribution is -0.119. The van der Waals surface area contributed by atoms with Gasteiger partial charge in [0, 0.05) is 0 Å². The average molecular weight is 100 g/mol. The van der Waals surface area contributed by atoms with Crippen LogP contribution >= 0.6 is 0 Å². The monoisotopic (exact) mass is 100 g/mol. The molecule has 0 fully saturated rings. The van der Waals surface area contributed by atoms with Crippen LogP contribution in [-0.4, -0.2) is 12.2 Å². The van der Waals surface area contributed by atoms with Gasteiger partial charge >= 0.3 is 0 Å². The van der Waals surface area contributed by atoms with E-state index in [1.807, 2.05) is 0 Å². The summed E-state index contributed by atoms with van der Waals surface area (Å²) in [5.74, 6) is -1.39. The Morgan fingerprint density at radius 1 is 1.86 bits per heavy atom. The minimum Gasteiger partial charge on any atom is -0.369 e. The number of carbonyl (C=O) groups excluding carboxylic acids is 2. The van der Waals surface area contributed by atoms with Crippen molar-refractivity contribution in [3.8, 4) is 0 Å². The van der Waals surface area contributed by atoms with Crippen LogP contribution in [0.4, 0.5) is 0 Å². The van der Waals surface area contributed by atoms with Crippen molar-refractivity contribution in [2.24, 2.45) is 11.7 Å². The summed E-state index contributed by atoms with van der Waals surface area (Å²) in [4.78, 5) is 19.4. The summed E-state index contributed by atoms with van der Waals surface area (Å²) in [5, 5.41) is 0. The van der Waals surface area contributed by atoms with E-state index in [1.54, 1.807) is 0 Å². The number of rotatable bonds is 2. The summed E-state index contributed by atoms with van der Waals surface area (Å²) in [6.07, 6.45) is 1.44. The largest absolute Gasteiger partial charge is 0.369 e. The first-order valence-corrected chi connectivity index (χ1v) is 1.85. The van der Waals surface area contributed by atoms with Crippen LogP contribution in [0.3, 0.4) is 0 Å². The quantitative estimate of drug-likeness (QED) is 0.462. The first-order valence-electron chi connectivity index (χ1n) is 1.85. The van der Waals surface area contributed by atoms with Crippen LogP contribution < -0.4 is 5.73 Å². The van der Waals surface area contributed by atoms with E-state index >= 15 is 0 Å². The van der Waals surface area contributed by atoms with Gasteiger partial charge in [-0.1, -0.05) is 0 Å². The molecule has 0 aromatic carbocycles. The van der Waals surface area contributed by atoms with E-state index in [0.29, 0.717) is 0 Å². The van der Waals surface area contributed by atoms with Gasteiger partial charge in [-0.15, -0.1) is 0 Å². The van der Waals surface area contributed by atoms with Gasteiger partial charge in [-0.25, -0.2) is 0 Å². The van der Waals surface area contributed by atoms with E-state index in [0.717, 1.165) is 0 Å². The Hall–Kier alpha value is -0.860. The summed E-state index contributed by atoms with van der Waals surface area (Å²) in [7, 11) is 0. The summed E-state index contributed by atoms with van der Waals surface area (Å²) in [5.41, 5.74) is 4.65. The summed E-state index contributed by atoms with van der Waals surface area (Å²) in [6, 6.07) is 0. The highest BCUT2D eigenvalue weighted by Gasteiger charge is 2.05. The molecular weight excluding hydrogens is 94.0 g/mol. The second kappa shape index (κ2) is 2.34. The van der Waals surface area contributed by atoms with Crippen molar-refractivity contribution in [2.75, 3.05) is 0 Å². The van der Waals surface area contributed by atoms with E-state index in [2.05, 4.69) is 5.73 Å². The zero-order valence-electron chi connectivity index (χ0n) is 3.97. The Bertz CT molecular complexity index is 89.7. The Morgan fingerprint density at radius 2 is 2.29 bits per heavy atom. The number of primary amides is 1. The van der Waals surface area contributed by atoms with E-state index in [1.165, 1.54) is 13.2 Å². The van der Waals surface area contributed by atoms with E-state index < -0.39 is 11.8 Å². The smallest absolute Gasteiger partial charge is 0.228 e. The predicted octanol–water partition coefficient (Wildman–Crippen LogP) is -0.783. The van der Waals surface area contributed by atoms with Gasteiger partial charge in [0.15, 0.2) is 0 Å². The molecular formula is C4H6NO2. The van der Waals surface area contributed by atoms with Gasteiger partial charge in [-0.05, 0) is 6.92 Å². The maximum atomic E-state index is 9.89. The third-order valence-corrected chi connectivity index (χ3v) is 0.604. The average Bonchev–Trinajstić information content (AvgIpc) is 1.65. The van der Waals surface area contributed by atoms with Crippen molar-refractivity contribution in [3.63, 3.8) is 0 Å². The molecule has 0 aliphatic carbocycles. The molecule has 0 aromatic rings. The van der Waals surface area contributed by atoms with Crippen LogP contribution in [0, 0.1) is 5.92 Å². The standard InChI is InChI=1S/C4H6NO2/c1-3(2-6)4(5)7/h3H,1H3,(H2,5,7). The number of amides is 1. The third-order valence-electron chi connectivity index (χ3n) is 0.604. The molecule has 0 aliphatic heterocycles. The van der Waals surface area contributed by atoms with E-state index in [9.17, 15) is 9.59 Å². The SMILES string of the molecule is CC([C]=O)C(N)=O. The van der Waals surface area contributed by atoms with Crippen molar-refractivity contribution in [3.05, 3.63) is 0 Å². The normalized spacial score (nSPS) is 12.7. The first-order chi connectivity index (χ1) is 3.18. The fourth-order valence-electron chi connectivity index (χ4n) is 0.0581. The first kappa shape index (κ1) is 6.14. The Morgan fingerprint density at radius 3 is 2.29 bits per heavy atom. The number of hydrogen-bond acceptors (Lipinski definition) is 2. The topological polar surface area (TPSA) is 60.2 Å². The molecule has 0 heterocycles. The third kappa shape index (κ3) is 1.92. The van der Waals surface area contributed by atoms with Gasteiger partial charge in [-0.2, -0.15) is 0 Å². The molecule has 0 aliphatic rings. The zero-order valence-corrected chi connectivity index (χ0v) is 3.97. The van der Waals surface area contributed by atoms with Crippen LogP contribution in [0.15, 0.2) is 0 Å². The van der Waals surface area contributed by atoms with Crippen LogP contribution in [0.25, 0.3) is 0 Å². The molecule has 0 saturated heterocycles. The predicted molar refractivity (Wildman–Crippen MR) is 24.1 cm³/mol. The molecule has 1 atom stereocenters. The molecule has 0 rings (SSSR count). The fourth-order valence-corrected chi connectivity index (χ4v) is 0.0581. The van der Waals surface area contributed by atoms with Gasteiger partial charge in [0.05, 0.1) is 0 Å². The Kier molecular flexibility index (Phi) is 2.05. The van der Waals surface area contributed by atoms with Crippen molar-refractivity contribution < 1.29 is 9.59 Å². The second-order valence-corrected chi connectivity index (χ2v) is 1.24. The molecule has 39 valence electrons. The number of hydrogen-bond donors (Lipinski definition) is 1. The number of nitrogens with two attached hydrogens (primary N) is 1. The molecule has 3 nitrogen and oxygen atoms in total. The summed E-state index contributed by atoms with van der Waals surface area (Å²) >= 11 is 0. The molecule has 1 unspecified atom stereocenters. The molecule has 0 bridgehead atoms. The highest BCUT2D eigenvalue weighted by molar-refractivity contribution is 5.90. The summed E-state index contributed by atoms with van der Waals surface area (Å²) < 4.78 is 0. The number of carbonyl (C=O) groups is 1. The fraction of sp³-hybridized carbons (Fsp3) is 0.500. The van der Waals surface area contributed by atoms with Gasteiger partial charge in [0.1, 0.15) is 5.92 Å². The highest BCUT2D eigenvalue weighted by Crippen LogP contribution is 1.82. The van der Waals surface area contributed by atoms with Crippen molar-refractivity contribution in [2.45, 2.75) is 6.92 Å². The van der Waals surface area contributed by atoms with Crippen LogP contribution in [0.1, 0.15) is 6.92 Å². The van der Waals surface area contributed by atoms with Gasteiger partial charge < -0.3 is 5.73 Å². The van der Waals surface area contributed by atoms with Gasteiger partial charge in [0.2, 0.25) is 12.2 Å². The highest BCUT2D eigenvalue weighted by atomic mass is 16.2. The van der Waals surface area contributed by atoms with E-state index in [-0.39, 0.29) is 0 Å². The van der Waals surface area contributed by atoms with Crippen molar-refractivity contribution in [1.29, 1.82) is 0 Å². The molecule has 0 spiro atoms. The van der Waals surface area contributed by atoms with Crippen molar-refractivity contribution in [1.82, 2.24) is 0 Å². The van der Waals surface area contributed by atoms with Gasteiger partial charge in [-0.3, -0.25) is 9.59 Å². The molecule has 0 aromatic heterocycles. The molecule has 0 saturated carbocycles. The second-order valence-electron chi connectivity index (χ2n) is 1.24. The van der Waals surface area contributed by atoms with Crippen LogP contribution in [0.2, 0.25) is 0 Å².